The lowest BCUT2D eigenvalue weighted by Crippen LogP contribution is -2.36. The Balaban J connectivity index is 1.41. The quantitative estimate of drug-likeness (QED) is 0.446. The van der Waals surface area contributed by atoms with Gasteiger partial charge in [-0.15, -0.1) is 0 Å². The highest BCUT2D eigenvalue weighted by Crippen LogP contribution is 2.34. The molecule has 0 spiro atoms. The minimum absolute atomic E-state index is 0.463. The predicted octanol–water partition coefficient (Wildman–Crippen LogP) is 5.77. The van der Waals surface area contributed by atoms with Gasteiger partial charge in [0.1, 0.15) is 6.61 Å². The molecule has 0 unspecified atom stereocenters. The fourth-order valence-corrected chi connectivity index (χ4v) is 3.86. The number of nitrogens with one attached hydrogen (secondary N) is 1. The fourth-order valence-electron chi connectivity index (χ4n) is 3.64. The van der Waals surface area contributed by atoms with E-state index in [9.17, 15) is 0 Å². The highest BCUT2D eigenvalue weighted by atomic mass is 35.5. The van der Waals surface area contributed by atoms with Crippen LogP contribution in [-0.4, -0.2) is 32.9 Å². The first-order valence-corrected chi connectivity index (χ1v) is 11.4. The molecule has 6 heteroatoms. The van der Waals surface area contributed by atoms with Gasteiger partial charge in [0.25, 0.3) is 0 Å². The first-order chi connectivity index (χ1) is 15.7. The summed E-state index contributed by atoms with van der Waals surface area (Å²) in [7, 11) is 0. The number of hydrogen-bond donors (Lipinski definition) is 1. The van der Waals surface area contributed by atoms with E-state index in [1.165, 1.54) is 5.69 Å². The van der Waals surface area contributed by atoms with Crippen molar-refractivity contribution in [1.29, 1.82) is 0 Å². The summed E-state index contributed by atoms with van der Waals surface area (Å²) in [5.74, 6) is 1.35. The van der Waals surface area contributed by atoms with Gasteiger partial charge in [-0.3, -0.25) is 0 Å². The molecule has 0 aliphatic carbocycles. The second-order valence-corrected chi connectivity index (χ2v) is 8.00. The van der Waals surface area contributed by atoms with E-state index in [0.717, 1.165) is 43.1 Å². The lowest BCUT2D eigenvalue weighted by Gasteiger charge is -2.29. The van der Waals surface area contributed by atoms with Crippen molar-refractivity contribution in [2.24, 2.45) is 0 Å². The van der Waals surface area contributed by atoms with Crippen LogP contribution in [0.2, 0.25) is 5.02 Å². The molecule has 0 aromatic heterocycles. The van der Waals surface area contributed by atoms with Gasteiger partial charge in [-0.1, -0.05) is 41.9 Å². The molecule has 4 rings (SSSR count). The summed E-state index contributed by atoms with van der Waals surface area (Å²) in [5.41, 5.74) is 4.31. The van der Waals surface area contributed by atoms with Crippen LogP contribution in [0, 0.1) is 0 Å². The van der Waals surface area contributed by atoms with Crippen LogP contribution < -0.4 is 19.7 Å². The monoisotopic (exact) mass is 452 g/mol. The number of halogens is 1. The van der Waals surface area contributed by atoms with E-state index in [1.807, 2.05) is 49.4 Å². The molecule has 3 aromatic carbocycles. The summed E-state index contributed by atoms with van der Waals surface area (Å²) < 4.78 is 17.3. The Morgan fingerprint density at radius 2 is 1.66 bits per heavy atom. The van der Waals surface area contributed by atoms with Gasteiger partial charge in [-0.05, 0) is 48.4 Å². The third-order valence-electron chi connectivity index (χ3n) is 5.38. The van der Waals surface area contributed by atoms with Crippen molar-refractivity contribution in [3.05, 3.63) is 82.9 Å². The summed E-state index contributed by atoms with van der Waals surface area (Å²) in [4.78, 5) is 2.34. The Morgan fingerprint density at radius 3 is 2.38 bits per heavy atom. The molecule has 1 N–H and O–H groups in total. The largest absolute Gasteiger partial charge is 0.490 e. The van der Waals surface area contributed by atoms with Crippen LogP contribution in [0.25, 0.3) is 0 Å². The average Bonchev–Trinajstić information content (AvgIpc) is 2.85. The lowest BCUT2D eigenvalue weighted by atomic mass is 10.1. The summed E-state index contributed by atoms with van der Waals surface area (Å²) >= 11 is 6.58. The summed E-state index contributed by atoms with van der Waals surface area (Å²) in [6, 6.07) is 22.3. The van der Waals surface area contributed by atoms with Crippen LogP contribution in [0.4, 0.5) is 11.4 Å². The Hall–Kier alpha value is -2.89. The molecule has 5 nitrogen and oxygen atoms in total. The van der Waals surface area contributed by atoms with Gasteiger partial charge in [0, 0.05) is 42.1 Å². The Morgan fingerprint density at radius 1 is 0.938 bits per heavy atom. The van der Waals surface area contributed by atoms with Crippen LogP contribution in [0.1, 0.15) is 18.1 Å². The van der Waals surface area contributed by atoms with E-state index >= 15 is 0 Å². The van der Waals surface area contributed by atoms with E-state index in [-0.39, 0.29) is 0 Å². The highest BCUT2D eigenvalue weighted by Gasteiger charge is 2.13. The Labute approximate surface area is 194 Å². The van der Waals surface area contributed by atoms with E-state index in [1.54, 1.807) is 0 Å². The number of nitrogens with zero attached hydrogens (tertiary/aromatic N) is 1. The SMILES string of the molecule is CCOc1cc(CNc2ccc(N3CCOCC3)cc2)c(Cl)cc1OCc1ccccc1. The average molecular weight is 453 g/mol. The van der Waals surface area contributed by atoms with Crippen LogP contribution in [0.3, 0.4) is 0 Å². The second kappa shape index (κ2) is 11.1. The maximum absolute atomic E-state index is 6.58. The number of ether oxygens (including phenoxy) is 3. The molecule has 0 saturated carbocycles. The molecular weight excluding hydrogens is 424 g/mol. The van der Waals surface area contributed by atoms with Gasteiger partial charge in [-0.2, -0.15) is 0 Å². The lowest BCUT2D eigenvalue weighted by molar-refractivity contribution is 0.122. The van der Waals surface area contributed by atoms with Crippen molar-refractivity contribution < 1.29 is 14.2 Å². The van der Waals surface area contributed by atoms with Gasteiger partial charge in [-0.25, -0.2) is 0 Å². The van der Waals surface area contributed by atoms with Crippen LogP contribution in [0.15, 0.2) is 66.7 Å². The Bertz CT molecular complexity index is 990. The maximum atomic E-state index is 6.58. The molecule has 1 aliphatic rings. The van der Waals surface area contributed by atoms with Crippen molar-refractivity contribution >= 4 is 23.0 Å². The second-order valence-electron chi connectivity index (χ2n) is 7.60. The van der Waals surface area contributed by atoms with Crippen LogP contribution >= 0.6 is 11.6 Å². The van der Waals surface area contributed by atoms with Crippen molar-refractivity contribution in [2.45, 2.75) is 20.1 Å². The highest BCUT2D eigenvalue weighted by molar-refractivity contribution is 6.31. The van der Waals surface area contributed by atoms with E-state index in [0.29, 0.717) is 36.3 Å². The third-order valence-corrected chi connectivity index (χ3v) is 5.73. The zero-order chi connectivity index (χ0) is 22.2. The molecule has 1 saturated heterocycles. The van der Waals surface area contributed by atoms with Gasteiger partial charge < -0.3 is 24.4 Å². The number of anilines is 2. The first-order valence-electron chi connectivity index (χ1n) is 11.0. The maximum Gasteiger partial charge on any atom is 0.163 e. The molecule has 32 heavy (non-hydrogen) atoms. The zero-order valence-electron chi connectivity index (χ0n) is 18.4. The summed E-state index contributed by atoms with van der Waals surface area (Å²) in [6.45, 7) is 7.00. The topological polar surface area (TPSA) is 43.0 Å². The summed E-state index contributed by atoms with van der Waals surface area (Å²) in [5, 5.41) is 4.10. The normalized spacial score (nSPS) is 13.6. The molecule has 0 radical (unpaired) electrons. The molecule has 1 fully saturated rings. The van der Waals surface area contributed by atoms with Gasteiger partial charge in [0.15, 0.2) is 11.5 Å². The van der Waals surface area contributed by atoms with Gasteiger partial charge >= 0.3 is 0 Å². The minimum Gasteiger partial charge on any atom is -0.490 e. The molecular formula is C26H29ClN2O3. The molecule has 3 aromatic rings. The number of benzene rings is 3. The van der Waals surface area contributed by atoms with Crippen molar-refractivity contribution in [3.8, 4) is 11.5 Å². The van der Waals surface area contributed by atoms with Crippen LogP contribution in [0.5, 0.6) is 11.5 Å². The molecule has 0 amide bonds. The fraction of sp³-hybridized carbons (Fsp3) is 0.308. The minimum atomic E-state index is 0.463. The van der Waals surface area contributed by atoms with Crippen molar-refractivity contribution in [2.75, 3.05) is 43.1 Å². The first kappa shape index (κ1) is 22.3. The molecule has 1 aliphatic heterocycles. The molecule has 0 atom stereocenters. The van der Waals surface area contributed by atoms with E-state index < -0.39 is 0 Å². The number of hydrogen-bond acceptors (Lipinski definition) is 5. The standard InChI is InChI=1S/C26H29ClN2O3/c1-2-31-25-16-21(24(27)17-26(25)32-19-20-6-4-3-5-7-20)18-28-22-8-10-23(11-9-22)29-12-14-30-15-13-29/h3-11,16-17,28H,2,12-15,18-19H2,1H3. The third kappa shape index (κ3) is 5.87. The van der Waals surface area contributed by atoms with Gasteiger partial charge in [0.05, 0.1) is 19.8 Å². The van der Waals surface area contributed by atoms with Crippen molar-refractivity contribution in [1.82, 2.24) is 0 Å². The molecule has 0 bridgehead atoms. The molecule has 1 heterocycles. The van der Waals surface area contributed by atoms with Crippen molar-refractivity contribution in [3.63, 3.8) is 0 Å². The van der Waals surface area contributed by atoms with Crippen LogP contribution in [-0.2, 0) is 17.9 Å². The summed E-state index contributed by atoms with van der Waals surface area (Å²) in [6.07, 6.45) is 0. The Kier molecular flexibility index (Phi) is 7.75. The number of morpholine rings is 1. The van der Waals surface area contributed by atoms with E-state index in [4.69, 9.17) is 25.8 Å². The van der Waals surface area contributed by atoms with E-state index in [2.05, 4.69) is 34.5 Å². The smallest absolute Gasteiger partial charge is 0.163 e. The van der Waals surface area contributed by atoms with Gasteiger partial charge in [0.2, 0.25) is 0 Å². The molecule has 168 valence electrons. The predicted molar refractivity (Wildman–Crippen MR) is 130 cm³/mol. The zero-order valence-corrected chi connectivity index (χ0v) is 19.1. The number of rotatable bonds is 9.